The van der Waals surface area contributed by atoms with Gasteiger partial charge in [-0.1, -0.05) is 27.2 Å². The van der Waals surface area contributed by atoms with Gasteiger partial charge in [0.25, 0.3) is 0 Å². The van der Waals surface area contributed by atoms with E-state index in [1.807, 2.05) is 0 Å². The molecule has 1 aromatic heterocycles. The molecule has 0 amide bonds. The summed E-state index contributed by atoms with van der Waals surface area (Å²) in [5.74, 6) is -0.141. The molecule has 0 aliphatic carbocycles. The zero-order valence-electron chi connectivity index (χ0n) is 7.48. The highest BCUT2D eigenvalue weighted by Gasteiger charge is 2.17. The third-order valence-electron chi connectivity index (χ3n) is 1.94. The molecule has 5 nitrogen and oxygen atoms in total. The minimum atomic E-state index is -0.711. The summed E-state index contributed by atoms with van der Waals surface area (Å²) < 4.78 is 14.2. The van der Waals surface area contributed by atoms with Gasteiger partial charge in [-0.05, 0) is 12.1 Å². The van der Waals surface area contributed by atoms with Crippen molar-refractivity contribution < 1.29 is 4.39 Å². The Balaban J connectivity index is 2.38. The van der Waals surface area contributed by atoms with Gasteiger partial charge in [-0.3, -0.25) is 0 Å². The van der Waals surface area contributed by atoms with E-state index in [1.54, 1.807) is 12.1 Å². The lowest BCUT2D eigenvalue weighted by molar-refractivity contribution is 0.593. The molecule has 0 spiro atoms. The van der Waals surface area contributed by atoms with Gasteiger partial charge in [0, 0.05) is 10.0 Å². The topological polar surface area (TPSA) is 80.5 Å². The minimum absolute atomic E-state index is 0.260. The summed E-state index contributed by atoms with van der Waals surface area (Å²) in [5, 5.41) is 13.0. The first-order chi connectivity index (χ1) is 7.18. The smallest absolute Gasteiger partial charge is 0.195 e. The van der Waals surface area contributed by atoms with Crippen LogP contribution in [0.3, 0.4) is 0 Å². The number of aromatic amines is 1. The van der Waals surface area contributed by atoms with Crippen LogP contribution in [-0.4, -0.2) is 20.6 Å². The van der Waals surface area contributed by atoms with Crippen LogP contribution in [0.15, 0.2) is 22.7 Å². The van der Waals surface area contributed by atoms with Gasteiger partial charge in [0.15, 0.2) is 5.82 Å². The molecular weight excluding hydrogens is 265 g/mol. The van der Waals surface area contributed by atoms with Gasteiger partial charge in [0.2, 0.25) is 0 Å². The molecular formula is C8H7BrFN5. The molecule has 15 heavy (non-hydrogen) atoms. The van der Waals surface area contributed by atoms with E-state index in [0.717, 1.165) is 0 Å². The van der Waals surface area contributed by atoms with Crippen LogP contribution in [0.2, 0.25) is 0 Å². The Labute approximate surface area is 93.0 Å². The molecule has 7 heteroatoms. The van der Waals surface area contributed by atoms with E-state index in [0.29, 0.717) is 10.0 Å². The van der Waals surface area contributed by atoms with Crippen molar-refractivity contribution >= 4 is 15.9 Å². The Kier molecular flexibility index (Phi) is 2.74. The van der Waals surface area contributed by atoms with Crippen molar-refractivity contribution in [3.8, 4) is 0 Å². The summed E-state index contributed by atoms with van der Waals surface area (Å²) in [6.07, 6.45) is 0. The number of rotatable bonds is 2. The summed E-state index contributed by atoms with van der Waals surface area (Å²) in [5.41, 5.74) is 6.10. The number of tetrazole rings is 1. The molecule has 0 fully saturated rings. The number of hydrogen-bond donors (Lipinski definition) is 2. The SMILES string of the molecule is NC(c1nn[nH]n1)c1ccc(Br)cc1F. The van der Waals surface area contributed by atoms with E-state index >= 15 is 0 Å². The molecule has 1 heterocycles. The molecule has 2 aromatic rings. The van der Waals surface area contributed by atoms with Crippen LogP contribution >= 0.6 is 15.9 Å². The largest absolute Gasteiger partial charge is 0.317 e. The lowest BCUT2D eigenvalue weighted by Crippen LogP contribution is -2.15. The van der Waals surface area contributed by atoms with Crippen LogP contribution in [0.4, 0.5) is 4.39 Å². The van der Waals surface area contributed by atoms with Gasteiger partial charge in [-0.15, -0.1) is 10.2 Å². The summed E-state index contributed by atoms with van der Waals surface area (Å²) in [6, 6.07) is 3.92. The van der Waals surface area contributed by atoms with Crippen molar-refractivity contribution in [1.82, 2.24) is 20.6 Å². The third kappa shape index (κ3) is 2.02. The molecule has 2 rings (SSSR count). The molecule has 0 aliphatic heterocycles. The predicted octanol–water partition coefficient (Wildman–Crippen LogP) is 1.15. The Hall–Kier alpha value is -1.34. The molecule has 0 bridgehead atoms. The lowest BCUT2D eigenvalue weighted by Gasteiger charge is -2.08. The maximum Gasteiger partial charge on any atom is 0.195 e. The van der Waals surface area contributed by atoms with E-state index in [4.69, 9.17) is 5.73 Å². The van der Waals surface area contributed by atoms with Crippen LogP contribution in [0.5, 0.6) is 0 Å². The summed E-state index contributed by atoms with van der Waals surface area (Å²) in [7, 11) is 0. The number of benzene rings is 1. The number of halogens is 2. The molecule has 0 saturated heterocycles. The second-order valence-electron chi connectivity index (χ2n) is 2.91. The zero-order chi connectivity index (χ0) is 10.8. The zero-order valence-corrected chi connectivity index (χ0v) is 9.07. The molecule has 1 atom stereocenters. The van der Waals surface area contributed by atoms with Gasteiger partial charge < -0.3 is 5.73 Å². The number of aromatic nitrogens is 4. The Morgan fingerprint density at radius 3 is 2.87 bits per heavy atom. The van der Waals surface area contributed by atoms with Gasteiger partial charge in [0.1, 0.15) is 5.82 Å². The molecule has 0 aliphatic rings. The fourth-order valence-electron chi connectivity index (χ4n) is 1.19. The van der Waals surface area contributed by atoms with Gasteiger partial charge in [0.05, 0.1) is 6.04 Å². The van der Waals surface area contributed by atoms with Crippen LogP contribution in [0, 0.1) is 5.82 Å². The van der Waals surface area contributed by atoms with E-state index in [1.165, 1.54) is 6.07 Å². The summed E-state index contributed by atoms with van der Waals surface area (Å²) in [6.45, 7) is 0. The first-order valence-corrected chi connectivity index (χ1v) is 4.91. The fourth-order valence-corrected chi connectivity index (χ4v) is 1.53. The Morgan fingerprint density at radius 1 is 1.47 bits per heavy atom. The standard InChI is InChI=1S/C8H7BrFN5/c9-4-1-2-5(6(10)3-4)7(11)8-12-14-15-13-8/h1-3,7H,11H2,(H,12,13,14,15). The summed E-state index contributed by atoms with van der Waals surface area (Å²) in [4.78, 5) is 0. The number of H-pyrrole nitrogens is 1. The number of nitrogens with zero attached hydrogens (tertiary/aromatic N) is 3. The minimum Gasteiger partial charge on any atom is -0.317 e. The first kappa shape index (κ1) is 10.2. The van der Waals surface area contributed by atoms with Crippen LogP contribution < -0.4 is 5.73 Å². The molecule has 0 saturated carbocycles. The number of hydrogen-bond acceptors (Lipinski definition) is 4. The summed E-state index contributed by atoms with van der Waals surface area (Å²) >= 11 is 3.16. The molecule has 1 unspecified atom stereocenters. The maximum absolute atomic E-state index is 13.5. The van der Waals surface area contributed by atoms with Crippen molar-refractivity contribution in [2.75, 3.05) is 0 Å². The number of nitrogens with two attached hydrogens (primary N) is 1. The van der Waals surface area contributed by atoms with Crippen LogP contribution in [0.1, 0.15) is 17.4 Å². The second kappa shape index (κ2) is 4.03. The van der Waals surface area contributed by atoms with Crippen molar-refractivity contribution in [2.45, 2.75) is 6.04 Å². The van der Waals surface area contributed by atoms with Gasteiger partial charge >= 0.3 is 0 Å². The van der Waals surface area contributed by atoms with Gasteiger partial charge in [-0.2, -0.15) is 5.21 Å². The maximum atomic E-state index is 13.5. The van der Waals surface area contributed by atoms with E-state index in [2.05, 4.69) is 36.6 Å². The number of nitrogens with one attached hydrogen (secondary N) is 1. The van der Waals surface area contributed by atoms with E-state index < -0.39 is 11.9 Å². The van der Waals surface area contributed by atoms with Crippen molar-refractivity contribution in [1.29, 1.82) is 0 Å². The molecule has 1 aromatic carbocycles. The first-order valence-electron chi connectivity index (χ1n) is 4.12. The highest BCUT2D eigenvalue weighted by atomic mass is 79.9. The molecule has 78 valence electrons. The van der Waals surface area contributed by atoms with Crippen molar-refractivity contribution in [2.24, 2.45) is 5.73 Å². The predicted molar refractivity (Wildman–Crippen MR) is 54.3 cm³/mol. The quantitative estimate of drug-likeness (QED) is 0.859. The third-order valence-corrected chi connectivity index (χ3v) is 2.43. The molecule has 3 N–H and O–H groups in total. The molecule has 0 radical (unpaired) electrons. The Bertz CT molecular complexity index is 458. The van der Waals surface area contributed by atoms with E-state index in [9.17, 15) is 4.39 Å². The highest BCUT2D eigenvalue weighted by Crippen LogP contribution is 2.22. The van der Waals surface area contributed by atoms with Crippen molar-refractivity contribution in [3.05, 3.63) is 39.9 Å². The van der Waals surface area contributed by atoms with Crippen LogP contribution in [-0.2, 0) is 0 Å². The second-order valence-corrected chi connectivity index (χ2v) is 3.83. The van der Waals surface area contributed by atoms with E-state index in [-0.39, 0.29) is 5.82 Å². The average Bonchev–Trinajstić information content (AvgIpc) is 2.69. The van der Waals surface area contributed by atoms with Crippen molar-refractivity contribution in [3.63, 3.8) is 0 Å². The highest BCUT2D eigenvalue weighted by molar-refractivity contribution is 9.10. The monoisotopic (exact) mass is 271 g/mol. The fraction of sp³-hybridized carbons (Fsp3) is 0.125. The van der Waals surface area contributed by atoms with Gasteiger partial charge in [-0.25, -0.2) is 4.39 Å². The Morgan fingerprint density at radius 2 is 2.27 bits per heavy atom. The lowest BCUT2D eigenvalue weighted by atomic mass is 10.1. The average molecular weight is 272 g/mol. The van der Waals surface area contributed by atoms with Crippen LogP contribution in [0.25, 0.3) is 0 Å². The normalized spacial score (nSPS) is 12.7.